The molecule has 0 aliphatic carbocycles. The van der Waals surface area contributed by atoms with E-state index in [1.54, 1.807) is 6.92 Å². The van der Waals surface area contributed by atoms with Crippen molar-refractivity contribution in [1.82, 2.24) is 5.48 Å². The molecular weight excluding hydrogens is 246 g/mol. The summed E-state index contributed by atoms with van der Waals surface area (Å²) in [6, 6.07) is 1.46. The zero-order valence-corrected chi connectivity index (χ0v) is 10.6. The third kappa shape index (κ3) is 3.18. The number of carbonyl (C=O) groups is 2. The molecule has 1 rings (SSSR count). The molecule has 0 atom stereocenters. The van der Waals surface area contributed by atoms with Crippen LogP contribution in [-0.4, -0.2) is 32.7 Å². The monoisotopic (exact) mass is 259 g/mol. The average Bonchev–Trinajstić information content (AvgIpc) is 2.79. The first kappa shape index (κ1) is 13.5. The molecule has 0 bridgehead atoms. The first-order chi connectivity index (χ1) is 8.13. The van der Waals surface area contributed by atoms with Crippen LogP contribution in [0.3, 0.4) is 0 Å². The van der Waals surface area contributed by atoms with Crippen LogP contribution in [0.5, 0.6) is 5.75 Å². The Kier molecular flexibility index (Phi) is 4.92. The first-order valence-corrected chi connectivity index (χ1v) is 5.63. The largest absolute Gasteiger partial charge is 0.495 e. The van der Waals surface area contributed by atoms with Crippen molar-refractivity contribution >= 4 is 23.2 Å². The number of hydrogen-bond acceptors (Lipinski definition) is 6. The number of ether oxygens (including phenoxy) is 2. The molecule has 1 amide bonds. The fourth-order valence-electron chi connectivity index (χ4n) is 1.06. The lowest BCUT2D eigenvalue weighted by Gasteiger charge is -1.99. The number of thiophene rings is 1. The van der Waals surface area contributed by atoms with E-state index in [9.17, 15) is 9.59 Å². The van der Waals surface area contributed by atoms with Crippen molar-refractivity contribution < 1.29 is 23.9 Å². The SMILES string of the molecule is CCONC(=O)c1cc(OC)c(C(=O)OC)s1. The first-order valence-electron chi connectivity index (χ1n) is 4.82. The molecule has 0 saturated carbocycles. The van der Waals surface area contributed by atoms with E-state index in [4.69, 9.17) is 9.57 Å². The second-order valence-corrected chi connectivity index (χ2v) is 3.92. The number of hydroxylamine groups is 1. The lowest BCUT2D eigenvalue weighted by Crippen LogP contribution is -2.22. The van der Waals surface area contributed by atoms with Gasteiger partial charge in [-0.1, -0.05) is 0 Å². The molecule has 17 heavy (non-hydrogen) atoms. The molecule has 0 fully saturated rings. The summed E-state index contributed by atoms with van der Waals surface area (Å²) in [5.74, 6) is -0.656. The minimum absolute atomic E-state index is 0.247. The van der Waals surface area contributed by atoms with Crippen LogP contribution in [0.4, 0.5) is 0 Å². The molecule has 1 N–H and O–H groups in total. The van der Waals surface area contributed by atoms with Crippen molar-refractivity contribution in [2.24, 2.45) is 0 Å². The van der Waals surface area contributed by atoms with E-state index >= 15 is 0 Å². The molecule has 0 aliphatic heterocycles. The van der Waals surface area contributed by atoms with Crippen molar-refractivity contribution in [3.05, 3.63) is 15.8 Å². The van der Waals surface area contributed by atoms with Crippen LogP contribution in [-0.2, 0) is 9.57 Å². The van der Waals surface area contributed by atoms with Crippen LogP contribution in [0.2, 0.25) is 0 Å². The molecule has 6 nitrogen and oxygen atoms in total. The van der Waals surface area contributed by atoms with Crippen LogP contribution in [0.1, 0.15) is 26.3 Å². The molecule has 1 aromatic rings. The van der Waals surface area contributed by atoms with E-state index in [2.05, 4.69) is 10.2 Å². The summed E-state index contributed by atoms with van der Waals surface area (Å²) in [6.45, 7) is 2.10. The van der Waals surface area contributed by atoms with Crippen LogP contribution in [0, 0.1) is 0 Å². The smallest absolute Gasteiger partial charge is 0.351 e. The second kappa shape index (κ2) is 6.21. The maximum absolute atomic E-state index is 11.6. The zero-order chi connectivity index (χ0) is 12.8. The summed E-state index contributed by atoms with van der Waals surface area (Å²) in [5, 5.41) is 0. The normalized spacial score (nSPS) is 9.82. The number of amides is 1. The van der Waals surface area contributed by atoms with Gasteiger partial charge in [0.05, 0.1) is 25.7 Å². The van der Waals surface area contributed by atoms with Gasteiger partial charge in [0, 0.05) is 6.07 Å². The predicted octanol–water partition coefficient (Wildman–Crippen LogP) is 1.22. The minimum atomic E-state index is -0.540. The molecule has 0 spiro atoms. The van der Waals surface area contributed by atoms with Crippen molar-refractivity contribution in [2.75, 3.05) is 20.8 Å². The van der Waals surface area contributed by atoms with E-state index in [-0.39, 0.29) is 4.88 Å². The molecule has 7 heteroatoms. The van der Waals surface area contributed by atoms with Crippen molar-refractivity contribution in [1.29, 1.82) is 0 Å². The number of esters is 1. The Bertz CT molecular complexity index is 415. The second-order valence-electron chi connectivity index (χ2n) is 2.86. The van der Waals surface area contributed by atoms with E-state index < -0.39 is 11.9 Å². The topological polar surface area (TPSA) is 73.9 Å². The summed E-state index contributed by atoms with van der Waals surface area (Å²) in [5.41, 5.74) is 2.23. The van der Waals surface area contributed by atoms with Gasteiger partial charge in [-0.25, -0.2) is 10.3 Å². The predicted molar refractivity (Wildman–Crippen MR) is 61.3 cm³/mol. The highest BCUT2D eigenvalue weighted by Gasteiger charge is 2.20. The Morgan fingerprint density at radius 1 is 1.41 bits per heavy atom. The molecule has 1 aromatic heterocycles. The molecule has 0 aliphatic rings. The van der Waals surface area contributed by atoms with E-state index in [0.29, 0.717) is 17.2 Å². The Morgan fingerprint density at radius 2 is 2.12 bits per heavy atom. The van der Waals surface area contributed by atoms with E-state index in [1.807, 2.05) is 0 Å². The van der Waals surface area contributed by atoms with Crippen molar-refractivity contribution in [3.8, 4) is 5.75 Å². The molecule has 0 aromatic carbocycles. The molecule has 0 unspecified atom stereocenters. The summed E-state index contributed by atoms with van der Waals surface area (Å²) in [6.07, 6.45) is 0. The van der Waals surface area contributed by atoms with Crippen LogP contribution < -0.4 is 10.2 Å². The highest BCUT2D eigenvalue weighted by molar-refractivity contribution is 7.16. The summed E-state index contributed by atoms with van der Waals surface area (Å²) in [7, 11) is 2.68. The molecule has 0 saturated heterocycles. The quantitative estimate of drug-likeness (QED) is 0.636. The highest BCUT2D eigenvalue weighted by atomic mass is 32.1. The van der Waals surface area contributed by atoms with Gasteiger partial charge in [0.1, 0.15) is 5.75 Å². The van der Waals surface area contributed by atoms with Gasteiger partial charge in [-0.2, -0.15) is 0 Å². The Labute approximate surface area is 102 Å². The van der Waals surface area contributed by atoms with Crippen LogP contribution in [0.25, 0.3) is 0 Å². The molecule has 1 heterocycles. The van der Waals surface area contributed by atoms with Gasteiger partial charge in [0.15, 0.2) is 4.88 Å². The fourth-order valence-corrected chi connectivity index (χ4v) is 1.99. The Morgan fingerprint density at radius 3 is 2.65 bits per heavy atom. The van der Waals surface area contributed by atoms with Crippen LogP contribution in [0.15, 0.2) is 6.07 Å². The van der Waals surface area contributed by atoms with Crippen molar-refractivity contribution in [3.63, 3.8) is 0 Å². The van der Waals surface area contributed by atoms with Crippen LogP contribution >= 0.6 is 11.3 Å². The molecule has 0 radical (unpaired) electrons. The Balaban J connectivity index is 2.92. The average molecular weight is 259 g/mol. The lowest BCUT2D eigenvalue weighted by atomic mass is 10.4. The Hall–Kier alpha value is -1.60. The standard InChI is InChI=1S/C10H13NO5S/c1-4-16-11-9(12)7-5-6(14-2)8(17-7)10(13)15-3/h5H,4H2,1-3H3,(H,11,12). The summed E-state index contributed by atoms with van der Waals surface area (Å²) >= 11 is 0.984. The van der Waals surface area contributed by atoms with Gasteiger partial charge in [-0.3, -0.25) is 9.63 Å². The van der Waals surface area contributed by atoms with Gasteiger partial charge in [0.2, 0.25) is 0 Å². The van der Waals surface area contributed by atoms with Crippen molar-refractivity contribution in [2.45, 2.75) is 6.92 Å². The van der Waals surface area contributed by atoms with Gasteiger partial charge in [0.25, 0.3) is 5.91 Å². The molecule has 94 valence electrons. The summed E-state index contributed by atoms with van der Waals surface area (Å²) < 4.78 is 9.57. The van der Waals surface area contributed by atoms with Gasteiger partial charge in [-0.15, -0.1) is 11.3 Å². The number of rotatable bonds is 5. The third-order valence-electron chi connectivity index (χ3n) is 1.82. The minimum Gasteiger partial charge on any atom is -0.495 e. The van der Waals surface area contributed by atoms with E-state index in [0.717, 1.165) is 11.3 Å². The maximum Gasteiger partial charge on any atom is 0.351 e. The van der Waals surface area contributed by atoms with E-state index in [1.165, 1.54) is 20.3 Å². The third-order valence-corrected chi connectivity index (χ3v) is 2.92. The summed E-state index contributed by atoms with van der Waals surface area (Å²) in [4.78, 5) is 28.3. The fraction of sp³-hybridized carbons (Fsp3) is 0.400. The number of methoxy groups -OCH3 is 2. The lowest BCUT2D eigenvalue weighted by molar-refractivity contribution is 0.0368. The highest BCUT2D eigenvalue weighted by Crippen LogP contribution is 2.29. The molecular formula is C10H13NO5S. The van der Waals surface area contributed by atoms with Gasteiger partial charge >= 0.3 is 5.97 Å². The maximum atomic E-state index is 11.6. The zero-order valence-electron chi connectivity index (χ0n) is 9.73. The number of carbonyl (C=O) groups excluding carboxylic acids is 2. The van der Waals surface area contributed by atoms with Gasteiger partial charge in [-0.05, 0) is 6.92 Å². The number of nitrogens with one attached hydrogen (secondary N) is 1. The van der Waals surface area contributed by atoms with Gasteiger partial charge < -0.3 is 9.47 Å². The number of hydrogen-bond donors (Lipinski definition) is 1.